The number of carbonyl (C=O) groups excluding carboxylic acids is 1. The first-order valence-corrected chi connectivity index (χ1v) is 8.85. The first-order valence-electron chi connectivity index (χ1n) is 8.85. The second-order valence-corrected chi connectivity index (χ2v) is 6.54. The van der Waals surface area contributed by atoms with Gasteiger partial charge in [0, 0.05) is 5.57 Å². The summed E-state index contributed by atoms with van der Waals surface area (Å²) in [5.41, 5.74) is 0.469. The molecular weight excluding hydrogens is 302 g/mol. The number of hydrogen-bond acceptors (Lipinski definition) is 3. The fraction of sp³-hybridized carbons (Fsp3) is 0.650. The maximum absolute atomic E-state index is 12.6. The van der Waals surface area contributed by atoms with Crippen LogP contribution in [0.2, 0.25) is 0 Å². The maximum atomic E-state index is 12.6. The van der Waals surface area contributed by atoms with Crippen LogP contribution in [0.4, 0.5) is 4.79 Å². The molecule has 1 amide bonds. The van der Waals surface area contributed by atoms with E-state index in [2.05, 4.69) is 0 Å². The molecule has 0 fully saturated rings. The van der Waals surface area contributed by atoms with Gasteiger partial charge in [-0.15, -0.1) is 0 Å². The van der Waals surface area contributed by atoms with Crippen molar-refractivity contribution in [3.63, 3.8) is 0 Å². The smallest absolute Gasteiger partial charge is 0.411 e. The molecule has 0 aliphatic carbocycles. The van der Waals surface area contributed by atoms with E-state index in [0.29, 0.717) is 6.61 Å². The van der Waals surface area contributed by atoms with Crippen LogP contribution < -0.4 is 0 Å². The summed E-state index contributed by atoms with van der Waals surface area (Å²) >= 11 is 0. The zero-order valence-electron chi connectivity index (χ0n) is 16.8. The third-order valence-corrected chi connectivity index (χ3v) is 3.38. The van der Waals surface area contributed by atoms with Gasteiger partial charge < -0.3 is 9.47 Å². The third-order valence-electron chi connectivity index (χ3n) is 3.38. The predicted octanol–water partition coefficient (Wildman–Crippen LogP) is 5.46. The van der Waals surface area contributed by atoms with Crippen molar-refractivity contribution in [2.45, 2.75) is 80.0 Å². The highest BCUT2D eigenvalue weighted by molar-refractivity contribution is 5.70. The summed E-state index contributed by atoms with van der Waals surface area (Å²) < 4.78 is 11.5. The number of amides is 1. The Morgan fingerprint density at radius 3 is 2.17 bits per heavy atom. The number of nitrogens with zero attached hydrogens (tertiary/aromatic N) is 1. The van der Waals surface area contributed by atoms with Gasteiger partial charge in [0.2, 0.25) is 0 Å². The van der Waals surface area contributed by atoms with E-state index in [1.807, 2.05) is 86.6 Å². The van der Waals surface area contributed by atoms with Gasteiger partial charge in [0.25, 0.3) is 0 Å². The summed E-state index contributed by atoms with van der Waals surface area (Å²) in [4.78, 5) is 14.3. The molecule has 0 aromatic heterocycles. The summed E-state index contributed by atoms with van der Waals surface area (Å²) in [6.45, 7) is 18.0. The van der Waals surface area contributed by atoms with Crippen LogP contribution in [-0.2, 0) is 9.47 Å². The first kappa shape index (κ1) is 22.3. The standard InChI is InChI=1S/C18H29NO3.C2H6/c1-8-10-15-14(4)19(17(20)22-18(5,6)7)13(3)12-21-16(15)11-9-2;1-2/h8-11,13-14H,12H2,1-7H3;1-2H3/b10-8-,11-9-;. The Hall–Kier alpha value is -1.71. The van der Waals surface area contributed by atoms with Crippen molar-refractivity contribution in [3.8, 4) is 0 Å². The lowest BCUT2D eigenvalue weighted by Crippen LogP contribution is -2.48. The van der Waals surface area contributed by atoms with Crippen molar-refractivity contribution in [1.29, 1.82) is 0 Å². The average molecular weight is 338 g/mol. The Bertz CT molecular complexity index is 484. The Kier molecular flexibility index (Phi) is 9.49. The average Bonchev–Trinajstić information content (AvgIpc) is 2.59. The van der Waals surface area contributed by atoms with Gasteiger partial charge in [0.1, 0.15) is 18.0 Å². The molecule has 2 atom stereocenters. The number of hydrogen-bond donors (Lipinski definition) is 0. The van der Waals surface area contributed by atoms with Crippen LogP contribution in [0.15, 0.2) is 35.6 Å². The fourth-order valence-corrected chi connectivity index (χ4v) is 2.46. The molecule has 2 unspecified atom stereocenters. The van der Waals surface area contributed by atoms with Crippen LogP contribution in [0.1, 0.15) is 62.3 Å². The molecule has 0 aromatic rings. The van der Waals surface area contributed by atoms with Gasteiger partial charge in [0.15, 0.2) is 0 Å². The highest BCUT2D eigenvalue weighted by Gasteiger charge is 2.34. The molecule has 0 N–H and O–H groups in total. The quantitative estimate of drug-likeness (QED) is 0.671. The molecule has 4 nitrogen and oxygen atoms in total. The van der Waals surface area contributed by atoms with Crippen molar-refractivity contribution >= 4 is 6.09 Å². The van der Waals surface area contributed by atoms with Gasteiger partial charge in [-0.2, -0.15) is 0 Å². The Morgan fingerprint density at radius 2 is 1.71 bits per heavy atom. The lowest BCUT2D eigenvalue weighted by atomic mass is 10.0. The molecule has 138 valence electrons. The second-order valence-electron chi connectivity index (χ2n) is 6.54. The van der Waals surface area contributed by atoms with Crippen molar-refractivity contribution in [2.75, 3.05) is 6.61 Å². The van der Waals surface area contributed by atoms with Crippen molar-refractivity contribution < 1.29 is 14.3 Å². The van der Waals surface area contributed by atoms with Gasteiger partial charge in [-0.05, 0) is 54.5 Å². The lowest BCUT2D eigenvalue weighted by Gasteiger charge is -2.34. The van der Waals surface area contributed by atoms with E-state index in [1.165, 1.54) is 0 Å². The molecule has 0 saturated heterocycles. The van der Waals surface area contributed by atoms with Crippen LogP contribution in [0.3, 0.4) is 0 Å². The SMILES string of the molecule is C/C=C\C1=C(/C=C\C)C(C)N(C(=O)OC(C)(C)C)C(C)CO1.CC. The van der Waals surface area contributed by atoms with E-state index < -0.39 is 5.60 Å². The summed E-state index contributed by atoms with van der Waals surface area (Å²) in [6, 6.07) is -0.178. The van der Waals surface area contributed by atoms with Crippen LogP contribution in [0.25, 0.3) is 0 Å². The molecule has 0 radical (unpaired) electrons. The van der Waals surface area contributed by atoms with E-state index in [9.17, 15) is 4.79 Å². The molecule has 0 spiro atoms. The van der Waals surface area contributed by atoms with Crippen molar-refractivity contribution in [2.24, 2.45) is 0 Å². The van der Waals surface area contributed by atoms with Gasteiger partial charge in [-0.25, -0.2) is 4.79 Å². The molecule has 4 heteroatoms. The van der Waals surface area contributed by atoms with Crippen LogP contribution in [-0.4, -0.2) is 35.3 Å². The fourth-order valence-electron chi connectivity index (χ4n) is 2.46. The van der Waals surface area contributed by atoms with E-state index >= 15 is 0 Å². The van der Waals surface area contributed by atoms with Gasteiger partial charge in [0.05, 0.1) is 12.1 Å². The Labute approximate surface area is 148 Å². The van der Waals surface area contributed by atoms with Crippen LogP contribution >= 0.6 is 0 Å². The van der Waals surface area contributed by atoms with E-state index in [0.717, 1.165) is 11.3 Å². The molecule has 1 aliphatic heterocycles. The summed E-state index contributed by atoms with van der Waals surface area (Å²) in [5, 5.41) is 0. The zero-order chi connectivity index (χ0) is 18.9. The number of carbonyl (C=O) groups is 1. The summed E-state index contributed by atoms with van der Waals surface area (Å²) in [5.74, 6) is 0.811. The molecular formula is C20H35NO3. The van der Waals surface area contributed by atoms with E-state index in [1.54, 1.807) is 4.90 Å². The minimum atomic E-state index is -0.514. The number of allylic oxidation sites excluding steroid dienone is 3. The molecule has 0 saturated carbocycles. The zero-order valence-corrected chi connectivity index (χ0v) is 16.8. The molecule has 24 heavy (non-hydrogen) atoms. The Balaban J connectivity index is 0.00000254. The van der Waals surface area contributed by atoms with E-state index in [4.69, 9.17) is 9.47 Å². The normalized spacial score (nSPS) is 22.1. The first-order chi connectivity index (χ1) is 11.2. The van der Waals surface area contributed by atoms with Gasteiger partial charge in [-0.3, -0.25) is 4.90 Å². The summed E-state index contributed by atoms with van der Waals surface area (Å²) in [6.07, 6.45) is 7.54. The molecule has 1 aliphatic rings. The minimum absolute atomic E-state index is 0.0622. The molecule has 1 heterocycles. The number of ether oxygens (including phenoxy) is 2. The lowest BCUT2D eigenvalue weighted by molar-refractivity contribution is 0.00770. The van der Waals surface area contributed by atoms with Crippen molar-refractivity contribution in [1.82, 2.24) is 4.90 Å². The highest BCUT2D eigenvalue weighted by Crippen LogP contribution is 2.26. The summed E-state index contributed by atoms with van der Waals surface area (Å²) in [7, 11) is 0. The predicted molar refractivity (Wildman–Crippen MR) is 101 cm³/mol. The monoisotopic (exact) mass is 337 g/mol. The highest BCUT2D eigenvalue weighted by atomic mass is 16.6. The minimum Gasteiger partial charge on any atom is -0.491 e. The second kappa shape index (κ2) is 10.2. The largest absolute Gasteiger partial charge is 0.491 e. The van der Waals surface area contributed by atoms with Gasteiger partial charge in [-0.1, -0.05) is 32.1 Å². The topological polar surface area (TPSA) is 38.8 Å². The third kappa shape index (κ3) is 6.42. The van der Waals surface area contributed by atoms with Crippen LogP contribution in [0, 0.1) is 0 Å². The Morgan fingerprint density at radius 1 is 1.17 bits per heavy atom. The maximum Gasteiger partial charge on any atom is 0.411 e. The van der Waals surface area contributed by atoms with Crippen molar-refractivity contribution in [3.05, 3.63) is 35.6 Å². The molecule has 1 rings (SSSR count). The number of rotatable bonds is 2. The van der Waals surface area contributed by atoms with E-state index in [-0.39, 0.29) is 18.2 Å². The van der Waals surface area contributed by atoms with Gasteiger partial charge >= 0.3 is 6.09 Å². The molecule has 0 bridgehead atoms. The van der Waals surface area contributed by atoms with Crippen LogP contribution in [0.5, 0.6) is 0 Å². The molecule has 0 aromatic carbocycles.